The molecule has 2 aromatic heterocycles. The molecule has 0 aliphatic carbocycles. The number of carbonyl (C=O) groups is 1. The first-order valence-electron chi connectivity index (χ1n) is 7.74. The molecule has 0 fully saturated rings. The van der Waals surface area contributed by atoms with Crippen LogP contribution in [0.25, 0.3) is 11.6 Å². The molecule has 0 bridgehead atoms. The maximum Gasteiger partial charge on any atom is 0.234 e. The van der Waals surface area contributed by atoms with Crippen LogP contribution in [-0.2, 0) is 11.3 Å². The van der Waals surface area contributed by atoms with Crippen LogP contribution in [0, 0.1) is 6.92 Å². The van der Waals surface area contributed by atoms with E-state index in [2.05, 4.69) is 15.5 Å². The Labute approximate surface area is 154 Å². The van der Waals surface area contributed by atoms with Gasteiger partial charge in [0.25, 0.3) is 0 Å². The van der Waals surface area contributed by atoms with Crippen LogP contribution in [0.3, 0.4) is 0 Å². The number of thioether (sulfide) groups is 1. The van der Waals surface area contributed by atoms with E-state index in [9.17, 15) is 4.79 Å². The maximum atomic E-state index is 12.2. The highest BCUT2D eigenvalue weighted by Crippen LogP contribution is 2.25. The number of furan rings is 1. The van der Waals surface area contributed by atoms with E-state index < -0.39 is 0 Å². The molecule has 3 rings (SSSR count). The summed E-state index contributed by atoms with van der Waals surface area (Å²) >= 11 is 7.27. The smallest absolute Gasteiger partial charge is 0.234 e. The number of nitrogens with one attached hydrogen (secondary N) is 1. The zero-order chi connectivity index (χ0) is 17.8. The first-order chi connectivity index (χ1) is 12.1. The van der Waals surface area contributed by atoms with Gasteiger partial charge in [0, 0.05) is 17.3 Å². The standard InChI is InChI=1S/C17H17ClN4O2S/c1-3-22-16(14-5-4-8-24-14)20-21-17(22)25-10-15(23)19-13-7-6-12(18)9-11(13)2/h4-9H,3,10H2,1-2H3,(H,19,23). The molecule has 0 saturated carbocycles. The summed E-state index contributed by atoms with van der Waals surface area (Å²) in [5, 5.41) is 12.5. The monoisotopic (exact) mass is 376 g/mol. The molecule has 0 radical (unpaired) electrons. The van der Waals surface area contributed by atoms with Crippen molar-refractivity contribution in [3.63, 3.8) is 0 Å². The predicted molar refractivity (Wildman–Crippen MR) is 98.9 cm³/mol. The summed E-state index contributed by atoms with van der Waals surface area (Å²) in [5.74, 6) is 1.44. The molecule has 6 nitrogen and oxygen atoms in total. The van der Waals surface area contributed by atoms with E-state index in [1.807, 2.05) is 30.5 Å². The van der Waals surface area contributed by atoms with Gasteiger partial charge in [0.1, 0.15) is 0 Å². The fourth-order valence-corrected chi connectivity index (χ4v) is 3.38. The van der Waals surface area contributed by atoms with E-state index in [4.69, 9.17) is 16.0 Å². The van der Waals surface area contributed by atoms with E-state index in [1.54, 1.807) is 24.5 Å². The number of aromatic nitrogens is 3. The minimum Gasteiger partial charge on any atom is -0.461 e. The average molecular weight is 377 g/mol. The highest BCUT2D eigenvalue weighted by molar-refractivity contribution is 7.99. The van der Waals surface area contributed by atoms with Crippen LogP contribution in [0.5, 0.6) is 0 Å². The van der Waals surface area contributed by atoms with Gasteiger partial charge in [-0.3, -0.25) is 9.36 Å². The lowest BCUT2D eigenvalue weighted by Crippen LogP contribution is -2.15. The lowest BCUT2D eigenvalue weighted by molar-refractivity contribution is -0.113. The molecule has 0 saturated heterocycles. The Kier molecular flexibility index (Phi) is 5.45. The molecule has 0 unspecified atom stereocenters. The zero-order valence-corrected chi connectivity index (χ0v) is 15.4. The summed E-state index contributed by atoms with van der Waals surface area (Å²) in [5.41, 5.74) is 1.67. The number of anilines is 1. The number of hydrogen-bond donors (Lipinski definition) is 1. The lowest BCUT2D eigenvalue weighted by Gasteiger charge is -2.09. The van der Waals surface area contributed by atoms with Gasteiger partial charge >= 0.3 is 0 Å². The van der Waals surface area contributed by atoms with E-state index in [0.717, 1.165) is 11.3 Å². The summed E-state index contributed by atoms with van der Waals surface area (Å²) in [7, 11) is 0. The van der Waals surface area contributed by atoms with Crippen LogP contribution in [0.15, 0.2) is 46.2 Å². The molecule has 1 N–H and O–H groups in total. The van der Waals surface area contributed by atoms with Crippen molar-refractivity contribution in [2.24, 2.45) is 0 Å². The quantitative estimate of drug-likeness (QED) is 0.651. The van der Waals surface area contributed by atoms with Crippen LogP contribution in [0.2, 0.25) is 5.02 Å². The molecular weight excluding hydrogens is 360 g/mol. The second-order valence-corrected chi connectivity index (χ2v) is 6.70. The lowest BCUT2D eigenvalue weighted by atomic mass is 10.2. The van der Waals surface area contributed by atoms with Crippen LogP contribution < -0.4 is 5.32 Å². The molecule has 0 aliphatic rings. The number of carbonyl (C=O) groups excluding carboxylic acids is 1. The number of benzene rings is 1. The largest absolute Gasteiger partial charge is 0.461 e. The maximum absolute atomic E-state index is 12.2. The molecule has 0 aliphatic heterocycles. The van der Waals surface area contributed by atoms with Gasteiger partial charge in [-0.2, -0.15) is 0 Å². The summed E-state index contributed by atoms with van der Waals surface area (Å²) in [6, 6.07) is 9.00. The van der Waals surface area contributed by atoms with Gasteiger partial charge in [-0.1, -0.05) is 23.4 Å². The Morgan fingerprint density at radius 2 is 2.20 bits per heavy atom. The summed E-state index contributed by atoms with van der Waals surface area (Å²) in [6.45, 7) is 4.58. The Balaban J connectivity index is 1.66. The first kappa shape index (κ1) is 17.6. The van der Waals surface area contributed by atoms with Gasteiger partial charge in [0.05, 0.1) is 12.0 Å². The molecule has 0 spiro atoms. The second kappa shape index (κ2) is 7.76. The minimum absolute atomic E-state index is 0.111. The number of aryl methyl sites for hydroxylation is 1. The second-order valence-electron chi connectivity index (χ2n) is 5.32. The highest BCUT2D eigenvalue weighted by atomic mass is 35.5. The molecule has 25 heavy (non-hydrogen) atoms. The topological polar surface area (TPSA) is 73.0 Å². The Morgan fingerprint density at radius 3 is 2.88 bits per heavy atom. The normalized spacial score (nSPS) is 10.8. The van der Waals surface area contributed by atoms with Crippen molar-refractivity contribution in [3.05, 3.63) is 47.2 Å². The Hall–Kier alpha value is -2.25. The molecule has 0 atom stereocenters. The van der Waals surface area contributed by atoms with Gasteiger partial charge in [-0.15, -0.1) is 10.2 Å². The third-order valence-electron chi connectivity index (χ3n) is 3.57. The third kappa shape index (κ3) is 4.05. The molecule has 1 aromatic carbocycles. The summed E-state index contributed by atoms with van der Waals surface area (Å²) in [6.07, 6.45) is 1.60. The van der Waals surface area contributed by atoms with Crippen molar-refractivity contribution >= 4 is 35.0 Å². The molecule has 1 amide bonds. The zero-order valence-electron chi connectivity index (χ0n) is 13.8. The molecule has 2 heterocycles. The number of hydrogen-bond acceptors (Lipinski definition) is 5. The molecule has 3 aromatic rings. The molecule has 8 heteroatoms. The summed E-state index contributed by atoms with van der Waals surface area (Å²) in [4.78, 5) is 12.2. The number of halogens is 1. The highest BCUT2D eigenvalue weighted by Gasteiger charge is 2.16. The fourth-order valence-electron chi connectivity index (χ4n) is 2.35. The van der Waals surface area contributed by atoms with E-state index >= 15 is 0 Å². The van der Waals surface area contributed by atoms with E-state index in [0.29, 0.717) is 28.3 Å². The van der Waals surface area contributed by atoms with Crippen LogP contribution >= 0.6 is 23.4 Å². The van der Waals surface area contributed by atoms with Crippen LogP contribution in [0.4, 0.5) is 5.69 Å². The third-order valence-corrected chi connectivity index (χ3v) is 4.77. The Bertz CT molecular complexity index is 877. The van der Waals surface area contributed by atoms with Gasteiger partial charge in [0.15, 0.2) is 16.7 Å². The molecule has 130 valence electrons. The number of rotatable bonds is 6. The van der Waals surface area contributed by atoms with Crippen molar-refractivity contribution in [2.45, 2.75) is 25.5 Å². The van der Waals surface area contributed by atoms with Gasteiger partial charge in [-0.05, 0) is 49.7 Å². The van der Waals surface area contributed by atoms with Gasteiger partial charge in [0.2, 0.25) is 5.91 Å². The fraction of sp³-hybridized carbons (Fsp3) is 0.235. The minimum atomic E-state index is -0.111. The number of nitrogens with zero attached hydrogens (tertiary/aromatic N) is 3. The number of amides is 1. The van der Waals surface area contributed by atoms with Crippen molar-refractivity contribution in [2.75, 3.05) is 11.1 Å². The van der Waals surface area contributed by atoms with Crippen LogP contribution in [0.1, 0.15) is 12.5 Å². The van der Waals surface area contributed by atoms with E-state index in [1.165, 1.54) is 11.8 Å². The predicted octanol–water partition coefficient (Wildman–Crippen LogP) is 4.25. The van der Waals surface area contributed by atoms with Crippen LogP contribution in [-0.4, -0.2) is 26.4 Å². The van der Waals surface area contributed by atoms with Gasteiger partial charge in [-0.25, -0.2) is 0 Å². The molecular formula is C17H17ClN4O2S. The van der Waals surface area contributed by atoms with Crippen molar-refractivity contribution in [3.8, 4) is 11.6 Å². The van der Waals surface area contributed by atoms with E-state index in [-0.39, 0.29) is 11.7 Å². The summed E-state index contributed by atoms with van der Waals surface area (Å²) < 4.78 is 7.30. The Morgan fingerprint density at radius 1 is 1.36 bits per heavy atom. The van der Waals surface area contributed by atoms with Crippen molar-refractivity contribution < 1.29 is 9.21 Å². The van der Waals surface area contributed by atoms with Gasteiger partial charge < -0.3 is 9.73 Å². The first-order valence-corrected chi connectivity index (χ1v) is 9.10. The SMILES string of the molecule is CCn1c(SCC(=O)Nc2ccc(Cl)cc2C)nnc1-c1ccco1. The average Bonchev–Trinajstić information content (AvgIpc) is 3.24. The van der Waals surface area contributed by atoms with Crippen molar-refractivity contribution in [1.29, 1.82) is 0 Å². The van der Waals surface area contributed by atoms with Crippen molar-refractivity contribution in [1.82, 2.24) is 14.8 Å².